The molecule has 32 heavy (non-hydrogen) atoms. The van der Waals surface area contributed by atoms with Crippen LogP contribution in [0.5, 0.6) is 23.0 Å². The van der Waals surface area contributed by atoms with Gasteiger partial charge in [0, 0.05) is 36.7 Å². The van der Waals surface area contributed by atoms with Gasteiger partial charge in [-0.2, -0.15) is 0 Å². The smallest absolute Gasteiger partial charge is 0.246 e. The molecule has 0 radical (unpaired) electrons. The molecule has 2 aliphatic rings. The van der Waals surface area contributed by atoms with Gasteiger partial charge < -0.3 is 23.8 Å². The molecule has 0 aromatic heterocycles. The van der Waals surface area contributed by atoms with Crippen molar-refractivity contribution in [3.8, 4) is 23.0 Å². The minimum absolute atomic E-state index is 0.0722. The highest BCUT2D eigenvalue weighted by molar-refractivity contribution is 5.99. The van der Waals surface area contributed by atoms with Gasteiger partial charge in [0.2, 0.25) is 5.91 Å². The maximum Gasteiger partial charge on any atom is 0.246 e. The van der Waals surface area contributed by atoms with E-state index in [0.717, 1.165) is 5.56 Å². The first kappa shape index (κ1) is 21.7. The molecule has 7 nitrogen and oxygen atoms in total. The van der Waals surface area contributed by atoms with Crippen LogP contribution < -0.4 is 18.9 Å². The van der Waals surface area contributed by atoms with Crippen molar-refractivity contribution in [1.29, 1.82) is 0 Å². The third-order valence-electron chi connectivity index (χ3n) is 5.80. The van der Waals surface area contributed by atoms with Gasteiger partial charge in [0.1, 0.15) is 24.7 Å². The Hall–Kier alpha value is -3.48. The van der Waals surface area contributed by atoms with Gasteiger partial charge in [-0.15, -0.1) is 0 Å². The predicted octanol–water partition coefficient (Wildman–Crippen LogP) is 3.61. The average Bonchev–Trinajstić information content (AvgIpc) is 2.86. The summed E-state index contributed by atoms with van der Waals surface area (Å²) in [5.41, 5.74) is 1.45. The Morgan fingerprint density at radius 2 is 1.59 bits per heavy atom. The van der Waals surface area contributed by atoms with E-state index in [1.54, 1.807) is 55.5 Å². The van der Waals surface area contributed by atoms with Crippen LogP contribution in [0, 0.1) is 5.92 Å². The van der Waals surface area contributed by atoms with Crippen LogP contribution in [-0.4, -0.2) is 57.1 Å². The Balaban J connectivity index is 1.35. The third kappa shape index (κ3) is 4.88. The highest BCUT2D eigenvalue weighted by Gasteiger charge is 2.28. The molecule has 0 spiro atoms. The minimum Gasteiger partial charge on any atom is -0.497 e. The van der Waals surface area contributed by atoms with Crippen LogP contribution in [-0.2, 0) is 4.79 Å². The molecule has 0 unspecified atom stereocenters. The van der Waals surface area contributed by atoms with Gasteiger partial charge in [0.05, 0.1) is 14.2 Å². The van der Waals surface area contributed by atoms with Crippen LogP contribution >= 0.6 is 0 Å². The van der Waals surface area contributed by atoms with E-state index in [1.807, 2.05) is 12.1 Å². The number of hydrogen-bond acceptors (Lipinski definition) is 6. The molecule has 4 rings (SSSR count). The zero-order valence-corrected chi connectivity index (χ0v) is 18.3. The number of fused-ring (bicyclic) bond motifs is 1. The molecule has 0 aliphatic carbocycles. The van der Waals surface area contributed by atoms with Gasteiger partial charge in [0.25, 0.3) is 0 Å². The van der Waals surface area contributed by atoms with Gasteiger partial charge >= 0.3 is 0 Å². The lowest BCUT2D eigenvalue weighted by Crippen LogP contribution is -2.39. The number of methoxy groups -OCH3 is 2. The SMILES string of the molecule is COc1cc(C=CC(=O)N2CCC(C(=O)c3ccc4c(c3)OCCO4)CC2)cc(OC)c1. The standard InChI is InChI=1S/C25H27NO6/c1-29-20-13-17(14-21(16-20)30-2)3-6-24(27)26-9-7-18(8-10-26)25(28)19-4-5-22-23(15-19)32-12-11-31-22/h3-6,13-16,18H,7-12H2,1-2H3. The number of benzene rings is 2. The Kier molecular flexibility index (Phi) is 6.63. The Morgan fingerprint density at radius 1 is 0.938 bits per heavy atom. The zero-order valence-electron chi connectivity index (χ0n) is 18.3. The minimum atomic E-state index is -0.103. The first-order chi connectivity index (χ1) is 15.6. The Morgan fingerprint density at radius 3 is 2.25 bits per heavy atom. The van der Waals surface area contributed by atoms with Crippen molar-refractivity contribution in [2.45, 2.75) is 12.8 Å². The van der Waals surface area contributed by atoms with Gasteiger partial charge in [0.15, 0.2) is 17.3 Å². The second-order valence-electron chi connectivity index (χ2n) is 7.80. The van der Waals surface area contributed by atoms with E-state index in [0.29, 0.717) is 67.7 Å². The van der Waals surface area contributed by atoms with Crippen molar-refractivity contribution in [3.63, 3.8) is 0 Å². The molecule has 1 amide bonds. The average molecular weight is 437 g/mol. The third-order valence-corrected chi connectivity index (χ3v) is 5.80. The fourth-order valence-electron chi connectivity index (χ4n) is 3.99. The Labute approximate surface area is 187 Å². The second-order valence-corrected chi connectivity index (χ2v) is 7.80. The molecule has 7 heteroatoms. The summed E-state index contributed by atoms with van der Waals surface area (Å²) < 4.78 is 21.6. The van der Waals surface area contributed by atoms with Crippen molar-refractivity contribution in [2.75, 3.05) is 40.5 Å². The second kappa shape index (κ2) is 9.77. The van der Waals surface area contributed by atoms with Gasteiger partial charge in [-0.3, -0.25) is 9.59 Å². The van der Waals surface area contributed by atoms with E-state index in [9.17, 15) is 9.59 Å². The summed E-state index contributed by atoms with van der Waals surface area (Å²) in [5.74, 6) is 2.53. The van der Waals surface area contributed by atoms with Crippen LogP contribution in [0.3, 0.4) is 0 Å². The number of likely N-dealkylation sites (tertiary alicyclic amines) is 1. The van der Waals surface area contributed by atoms with E-state index in [2.05, 4.69) is 0 Å². The predicted molar refractivity (Wildman–Crippen MR) is 120 cm³/mol. The molecule has 2 aromatic carbocycles. The van der Waals surface area contributed by atoms with Crippen LogP contribution in [0.1, 0.15) is 28.8 Å². The number of hydrogen-bond donors (Lipinski definition) is 0. The highest BCUT2D eigenvalue weighted by Crippen LogP contribution is 2.32. The fourth-order valence-corrected chi connectivity index (χ4v) is 3.99. The summed E-state index contributed by atoms with van der Waals surface area (Å²) in [5, 5.41) is 0. The van der Waals surface area contributed by atoms with Gasteiger partial charge in [-0.05, 0) is 54.8 Å². The lowest BCUT2D eigenvalue weighted by atomic mass is 9.88. The first-order valence-corrected chi connectivity index (χ1v) is 10.7. The molecule has 1 fully saturated rings. The number of Topliss-reactive ketones (excluding diaryl/α,β-unsaturated/α-hetero) is 1. The molecule has 2 aliphatic heterocycles. The van der Waals surface area contributed by atoms with Crippen molar-refractivity contribution >= 4 is 17.8 Å². The quantitative estimate of drug-likeness (QED) is 0.508. The monoisotopic (exact) mass is 437 g/mol. The summed E-state index contributed by atoms with van der Waals surface area (Å²) in [6, 6.07) is 10.8. The van der Waals surface area contributed by atoms with Crippen LogP contribution in [0.15, 0.2) is 42.5 Å². The molecule has 0 saturated carbocycles. The number of piperidine rings is 1. The largest absolute Gasteiger partial charge is 0.497 e. The number of carbonyl (C=O) groups is 2. The van der Waals surface area contributed by atoms with Crippen LogP contribution in [0.25, 0.3) is 6.08 Å². The number of amides is 1. The van der Waals surface area contributed by atoms with E-state index >= 15 is 0 Å². The molecule has 0 bridgehead atoms. The highest BCUT2D eigenvalue weighted by atomic mass is 16.6. The fraction of sp³-hybridized carbons (Fsp3) is 0.360. The number of rotatable bonds is 6. The zero-order chi connectivity index (χ0) is 22.5. The number of carbonyl (C=O) groups excluding carboxylic acids is 2. The molecule has 168 valence electrons. The normalized spacial score (nSPS) is 16.1. The van der Waals surface area contributed by atoms with E-state index in [4.69, 9.17) is 18.9 Å². The summed E-state index contributed by atoms with van der Waals surface area (Å²) in [7, 11) is 3.17. The molecule has 2 aromatic rings. The lowest BCUT2D eigenvalue weighted by molar-refractivity contribution is -0.127. The van der Waals surface area contributed by atoms with Crippen molar-refractivity contribution < 1.29 is 28.5 Å². The first-order valence-electron chi connectivity index (χ1n) is 10.7. The topological polar surface area (TPSA) is 74.3 Å². The van der Waals surface area contributed by atoms with Crippen LogP contribution in [0.4, 0.5) is 0 Å². The summed E-state index contributed by atoms with van der Waals surface area (Å²) >= 11 is 0. The van der Waals surface area contributed by atoms with Crippen molar-refractivity contribution in [3.05, 3.63) is 53.6 Å². The lowest BCUT2D eigenvalue weighted by Gasteiger charge is -2.30. The van der Waals surface area contributed by atoms with Crippen molar-refractivity contribution in [2.24, 2.45) is 5.92 Å². The number of ketones is 1. The van der Waals surface area contributed by atoms with E-state index in [-0.39, 0.29) is 17.6 Å². The molecule has 1 saturated heterocycles. The molecule has 2 heterocycles. The maximum atomic E-state index is 13.0. The molecule has 0 N–H and O–H groups in total. The molecule has 0 atom stereocenters. The van der Waals surface area contributed by atoms with E-state index in [1.165, 1.54) is 0 Å². The maximum absolute atomic E-state index is 13.0. The number of ether oxygens (including phenoxy) is 4. The molecular formula is C25H27NO6. The van der Waals surface area contributed by atoms with E-state index < -0.39 is 0 Å². The van der Waals surface area contributed by atoms with Gasteiger partial charge in [-0.25, -0.2) is 0 Å². The number of nitrogens with zero attached hydrogens (tertiary/aromatic N) is 1. The van der Waals surface area contributed by atoms with Gasteiger partial charge in [-0.1, -0.05) is 0 Å². The van der Waals surface area contributed by atoms with Crippen molar-refractivity contribution in [1.82, 2.24) is 4.90 Å². The summed E-state index contributed by atoms with van der Waals surface area (Å²) in [6.45, 7) is 2.10. The Bertz CT molecular complexity index is 1000. The summed E-state index contributed by atoms with van der Waals surface area (Å²) in [4.78, 5) is 27.4. The molecular weight excluding hydrogens is 410 g/mol. The van der Waals surface area contributed by atoms with Crippen LogP contribution in [0.2, 0.25) is 0 Å². The summed E-state index contributed by atoms with van der Waals surface area (Å²) in [6.07, 6.45) is 4.58.